The van der Waals surface area contributed by atoms with Crippen molar-refractivity contribution in [2.75, 3.05) is 0 Å². The highest BCUT2D eigenvalue weighted by molar-refractivity contribution is 6.31. The van der Waals surface area contributed by atoms with Crippen molar-refractivity contribution in [1.82, 2.24) is 19.9 Å². The van der Waals surface area contributed by atoms with E-state index in [0.29, 0.717) is 21.9 Å². The Morgan fingerprint density at radius 2 is 2.04 bits per heavy atom. The zero-order chi connectivity index (χ0) is 18.0. The van der Waals surface area contributed by atoms with Crippen LogP contribution in [0.2, 0.25) is 5.15 Å². The van der Waals surface area contributed by atoms with Crippen LogP contribution < -0.4 is 10.9 Å². The smallest absolute Gasteiger partial charge is 0.377 e. The van der Waals surface area contributed by atoms with Crippen molar-refractivity contribution in [3.63, 3.8) is 0 Å². The number of rotatable bonds is 3. The number of hydrogen-bond acceptors (Lipinski definition) is 5. The Morgan fingerprint density at radius 1 is 1.32 bits per heavy atom. The number of hydrogen-bond donors (Lipinski definition) is 2. The van der Waals surface area contributed by atoms with Crippen molar-refractivity contribution in [1.29, 1.82) is 0 Å². The van der Waals surface area contributed by atoms with Crippen LogP contribution in [0.4, 0.5) is 4.79 Å². The van der Waals surface area contributed by atoms with Gasteiger partial charge in [-0.05, 0) is 23.8 Å². The molecular weight excluding hydrogens is 348 g/mol. The summed E-state index contributed by atoms with van der Waals surface area (Å²) in [6.45, 7) is 1.35. The zero-order valence-electron chi connectivity index (χ0n) is 13.1. The molecule has 0 atom stereocenters. The molecule has 0 fully saturated rings. The number of esters is 1. The van der Waals surface area contributed by atoms with Crippen molar-refractivity contribution in [2.24, 2.45) is 0 Å². The van der Waals surface area contributed by atoms with E-state index in [9.17, 15) is 14.4 Å². The van der Waals surface area contributed by atoms with Crippen LogP contribution in [0.1, 0.15) is 12.5 Å². The number of nitrogens with one attached hydrogen (secondary N) is 2. The van der Waals surface area contributed by atoms with E-state index in [1.807, 2.05) is 0 Å². The van der Waals surface area contributed by atoms with Gasteiger partial charge in [-0.2, -0.15) is 0 Å². The maximum absolute atomic E-state index is 11.8. The van der Waals surface area contributed by atoms with Gasteiger partial charge in [0.1, 0.15) is 5.15 Å². The van der Waals surface area contributed by atoms with Gasteiger partial charge < -0.3 is 15.0 Å². The van der Waals surface area contributed by atoms with Crippen molar-refractivity contribution < 1.29 is 14.3 Å². The van der Waals surface area contributed by atoms with E-state index in [1.165, 1.54) is 6.33 Å². The number of halogens is 1. The summed E-state index contributed by atoms with van der Waals surface area (Å²) in [6.07, 6.45) is 0.510. The van der Waals surface area contributed by atoms with Crippen molar-refractivity contribution in [2.45, 2.75) is 13.5 Å². The molecule has 25 heavy (non-hydrogen) atoms. The van der Waals surface area contributed by atoms with Crippen LogP contribution in [0.3, 0.4) is 0 Å². The maximum atomic E-state index is 11.8. The van der Waals surface area contributed by atoms with Crippen LogP contribution in [-0.4, -0.2) is 26.6 Å². The molecule has 0 spiro atoms. The monoisotopic (exact) mass is 360 g/mol. The van der Waals surface area contributed by atoms with E-state index >= 15 is 0 Å². The van der Waals surface area contributed by atoms with Crippen LogP contribution in [0.25, 0.3) is 16.7 Å². The summed E-state index contributed by atoms with van der Waals surface area (Å²) in [5, 5.41) is 3.21. The van der Waals surface area contributed by atoms with Crippen molar-refractivity contribution in [3.8, 4) is 5.69 Å². The van der Waals surface area contributed by atoms with Crippen LogP contribution in [-0.2, 0) is 16.1 Å². The number of carbonyl (C=O) groups excluding carboxylic acids is 2. The second-order valence-corrected chi connectivity index (χ2v) is 5.56. The molecule has 0 radical (unpaired) electrons. The fraction of sp³-hybridized carbons (Fsp3) is 0.125. The fourth-order valence-corrected chi connectivity index (χ4v) is 2.63. The summed E-state index contributed by atoms with van der Waals surface area (Å²) >= 11 is 6.23. The van der Waals surface area contributed by atoms with Gasteiger partial charge >= 0.3 is 12.1 Å². The minimum absolute atomic E-state index is 0.199. The van der Waals surface area contributed by atoms with E-state index in [-0.39, 0.29) is 12.1 Å². The van der Waals surface area contributed by atoms with Gasteiger partial charge in [0.05, 0.1) is 11.7 Å². The quantitative estimate of drug-likeness (QED) is 0.549. The second-order valence-electron chi connectivity index (χ2n) is 5.17. The molecule has 1 aromatic carbocycles. The van der Waals surface area contributed by atoms with E-state index in [2.05, 4.69) is 20.0 Å². The Morgan fingerprint density at radius 3 is 2.72 bits per heavy atom. The topological polar surface area (TPSA) is 106 Å². The number of nitrogens with zero attached hydrogens (tertiary/aromatic N) is 2. The van der Waals surface area contributed by atoms with Gasteiger partial charge in [-0.25, -0.2) is 9.78 Å². The molecule has 1 amide bonds. The molecule has 2 N–H and O–H groups in total. The molecule has 0 aliphatic heterocycles. The van der Waals surface area contributed by atoms with Crippen LogP contribution in [0.5, 0.6) is 0 Å². The Balaban J connectivity index is 1.83. The summed E-state index contributed by atoms with van der Waals surface area (Å²) in [4.78, 5) is 40.4. The molecule has 0 saturated heterocycles. The highest BCUT2D eigenvalue weighted by Gasteiger charge is 2.12. The molecular formula is C16H13ClN4O4. The predicted octanol–water partition coefficient (Wildman–Crippen LogP) is 2.14. The lowest BCUT2D eigenvalue weighted by molar-refractivity contribution is -0.134. The highest BCUT2D eigenvalue weighted by Crippen LogP contribution is 2.24. The molecule has 0 saturated carbocycles. The van der Waals surface area contributed by atoms with Gasteiger partial charge in [0, 0.05) is 19.2 Å². The van der Waals surface area contributed by atoms with Gasteiger partial charge in [0.15, 0.2) is 5.65 Å². The molecule has 0 unspecified atom stereocenters. The molecule has 9 heteroatoms. The first kappa shape index (κ1) is 16.7. The third-order valence-electron chi connectivity index (χ3n) is 3.42. The van der Waals surface area contributed by atoms with E-state index < -0.39 is 12.1 Å². The lowest BCUT2D eigenvalue weighted by Crippen LogP contribution is -2.25. The minimum atomic E-state index is -0.806. The summed E-state index contributed by atoms with van der Waals surface area (Å²) in [6, 6.07) is 8.66. The Labute approximate surface area is 146 Å². The fourth-order valence-electron chi connectivity index (χ4n) is 2.34. The molecule has 2 heterocycles. The lowest BCUT2D eigenvalue weighted by Gasteiger charge is -2.08. The van der Waals surface area contributed by atoms with Gasteiger partial charge in [-0.1, -0.05) is 23.7 Å². The number of aromatic amines is 1. The Hall–Kier alpha value is -3.13. The zero-order valence-corrected chi connectivity index (χ0v) is 13.8. The minimum Gasteiger partial charge on any atom is -0.377 e. The summed E-state index contributed by atoms with van der Waals surface area (Å²) in [5.74, 6) is -0.676. The molecule has 3 aromatic rings. The normalized spacial score (nSPS) is 10.6. The van der Waals surface area contributed by atoms with E-state index in [1.54, 1.807) is 34.9 Å². The first-order valence-corrected chi connectivity index (χ1v) is 7.63. The highest BCUT2D eigenvalue weighted by atomic mass is 35.5. The molecule has 3 rings (SSSR count). The Kier molecular flexibility index (Phi) is 4.53. The number of benzene rings is 1. The van der Waals surface area contributed by atoms with Gasteiger partial charge in [-0.3, -0.25) is 14.2 Å². The number of amides is 1. The third kappa shape index (κ3) is 3.53. The van der Waals surface area contributed by atoms with Crippen molar-refractivity contribution in [3.05, 3.63) is 57.7 Å². The number of carbonyl (C=O) groups is 2. The standard InChI is InChI=1S/C16H13ClN4O4/c1-9(22)25-16(24)18-7-10-2-4-11(5-3-10)21-13(17)6-12-14(21)19-8-20-15(12)23/h2-6,8H,7H2,1H3,(H,18,24)(H,19,20,23). The maximum Gasteiger partial charge on any atom is 0.415 e. The number of ether oxygens (including phenoxy) is 1. The molecule has 8 nitrogen and oxygen atoms in total. The average Bonchev–Trinajstić information content (AvgIpc) is 2.90. The molecule has 0 bridgehead atoms. The number of alkyl carbamates (subject to hydrolysis) is 1. The summed E-state index contributed by atoms with van der Waals surface area (Å²) in [7, 11) is 0. The van der Waals surface area contributed by atoms with Crippen LogP contribution in [0, 0.1) is 0 Å². The predicted molar refractivity (Wildman–Crippen MR) is 90.7 cm³/mol. The Bertz CT molecular complexity index is 1010. The average molecular weight is 361 g/mol. The first-order valence-electron chi connectivity index (χ1n) is 7.26. The van der Waals surface area contributed by atoms with Crippen LogP contribution >= 0.6 is 11.6 Å². The third-order valence-corrected chi connectivity index (χ3v) is 3.70. The first-order chi connectivity index (χ1) is 12.0. The van der Waals surface area contributed by atoms with Crippen molar-refractivity contribution >= 4 is 34.7 Å². The largest absolute Gasteiger partial charge is 0.415 e. The summed E-state index contributed by atoms with van der Waals surface area (Å²) in [5.41, 5.74) is 1.69. The number of fused-ring (bicyclic) bond motifs is 1. The molecule has 2 aromatic heterocycles. The molecule has 0 aliphatic carbocycles. The molecule has 0 aliphatic rings. The van der Waals surface area contributed by atoms with Gasteiger partial charge in [0.2, 0.25) is 0 Å². The summed E-state index contributed by atoms with van der Waals surface area (Å²) < 4.78 is 6.02. The lowest BCUT2D eigenvalue weighted by atomic mass is 10.2. The SMILES string of the molecule is CC(=O)OC(=O)NCc1ccc(-n2c(Cl)cc3c(=O)[nH]cnc32)cc1. The molecule has 128 valence electrons. The number of H-pyrrole nitrogens is 1. The van der Waals surface area contributed by atoms with Gasteiger partial charge in [0.25, 0.3) is 5.56 Å². The van der Waals surface area contributed by atoms with E-state index in [0.717, 1.165) is 12.5 Å². The number of aromatic nitrogens is 3. The van der Waals surface area contributed by atoms with Gasteiger partial charge in [-0.15, -0.1) is 0 Å². The van der Waals surface area contributed by atoms with E-state index in [4.69, 9.17) is 11.6 Å². The second kappa shape index (κ2) is 6.78. The van der Waals surface area contributed by atoms with Crippen LogP contribution in [0.15, 0.2) is 41.5 Å².